The molecule has 0 bridgehead atoms. The first-order valence-electron chi connectivity index (χ1n) is 6.60. The molecular weight excluding hydrogens is 272 g/mol. The molecule has 1 amide bonds. The van der Waals surface area contributed by atoms with E-state index >= 15 is 0 Å². The molecular formula is C14H14N4O3. The minimum atomic E-state index is -0.557. The third kappa shape index (κ3) is 2.22. The van der Waals surface area contributed by atoms with Gasteiger partial charge in [-0.3, -0.25) is 4.79 Å². The molecule has 0 aliphatic carbocycles. The molecule has 2 heterocycles. The summed E-state index contributed by atoms with van der Waals surface area (Å²) in [6.45, 7) is 0.572. The quantitative estimate of drug-likeness (QED) is 0.501. The average Bonchev–Trinajstić information content (AvgIpc) is 2.96. The maximum atomic E-state index is 12.5. The molecule has 1 aliphatic heterocycles. The molecule has 21 heavy (non-hydrogen) atoms. The van der Waals surface area contributed by atoms with E-state index in [1.807, 2.05) is 12.1 Å². The van der Waals surface area contributed by atoms with E-state index in [0.29, 0.717) is 12.2 Å². The molecule has 0 fully saturated rings. The first-order chi connectivity index (χ1) is 10.1. The first-order valence-corrected chi connectivity index (χ1v) is 6.60. The van der Waals surface area contributed by atoms with Gasteiger partial charge in [-0.25, -0.2) is 4.98 Å². The summed E-state index contributed by atoms with van der Waals surface area (Å²) >= 11 is 0. The number of aromatic amines is 1. The van der Waals surface area contributed by atoms with Crippen molar-refractivity contribution in [3.8, 4) is 0 Å². The van der Waals surface area contributed by atoms with Gasteiger partial charge in [0.1, 0.15) is 0 Å². The second-order valence-corrected chi connectivity index (χ2v) is 4.92. The van der Waals surface area contributed by atoms with Gasteiger partial charge >= 0.3 is 5.82 Å². The number of aromatic nitrogens is 1. The molecule has 3 rings (SSSR count). The van der Waals surface area contributed by atoms with Gasteiger partial charge in [0.15, 0.2) is 5.69 Å². The van der Waals surface area contributed by atoms with Crippen molar-refractivity contribution in [2.24, 2.45) is 0 Å². The monoisotopic (exact) mass is 286 g/mol. The third-order valence-corrected chi connectivity index (χ3v) is 3.63. The topological polar surface area (TPSA) is 105 Å². The van der Waals surface area contributed by atoms with Crippen LogP contribution in [0.25, 0.3) is 0 Å². The fraction of sp³-hybridized carbons (Fsp3) is 0.214. The zero-order valence-corrected chi connectivity index (χ0v) is 11.2. The van der Waals surface area contributed by atoms with Crippen LogP contribution >= 0.6 is 0 Å². The zero-order valence-electron chi connectivity index (χ0n) is 11.2. The fourth-order valence-electron chi connectivity index (χ4n) is 2.62. The van der Waals surface area contributed by atoms with E-state index in [9.17, 15) is 14.9 Å². The van der Waals surface area contributed by atoms with E-state index in [2.05, 4.69) is 4.98 Å². The number of hydrogen-bond donors (Lipinski definition) is 2. The molecule has 1 aromatic carbocycles. The highest BCUT2D eigenvalue weighted by Gasteiger charge is 2.27. The van der Waals surface area contributed by atoms with Crippen molar-refractivity contribution in [1.82, 2.24) is 4.98 Å². The summed E-state index contributed by atoms with van der Waals surface area (Å²) in [7, 11) is 0. The number of nitrogen functional groups attached to an aromatic ring is 1. The standard InChI is InChI=1S/C14H14N4O3/c15-10-4-1-5-12-9(10)3-2-8-17(12)14(19)11-6-7-13(16-11)18(20)21/h1,4-7,16H,2-3,8,15H2. The Kier molecular flexibility index (Phi) is 3.09. The molecule has 1 aromatic heterocycles. The second kappa shape index (κ2) is 4.93. The van der Waals surface area contributed by atoms with Gasteiger partial charge in [0.05, 0.1) is 0 Å². The van der Waals surface area contributed by atoms with Crippen LogP contribution < -0.4 is 10.6 Å². The number of carbonyl (C=O) groups excluding carboxylic acids is 1. The lowest BCUT2D eigenvalue weighted by atomic mass is 9.99. The van der Waals surface area contributed by atoms with Crippen LogP contribution in [0.2, 0.25) is 0 Å². The maximum absolute atomic E-state index is 12.5. The highest BCUT2D eigenvalue weighted by Crippen LogP contribution is 2.32. The Bertz CT molecular complexity index is 723. The minimum Gasteiger partial charge on any atom is -0.398 e. The molecule has 0 saturated carbocycles. The smallest absolute Gasteiger partial charge is 0.321 e. The van der Waals surface area contributed by atoms with Crippen LogP contribution in [0.1, 0.15) is 22.5 Å². The van der Waals surface area contributed by atoms with Gasteiger partial charge in [-0.1, -0.05) is 6.07 Å². The van der Waals surface area contributed by atoms with E-state index in [0.717, 1.165) is 24.1 Å². The van der Waals surface area contributed by atoms with Gasteiger partial charge in [-0.15, -0.1) is 0 Å². The molecule has 3 N–H and O–H groups in total. The highest BCUT2D eigenvalue weighted by molar-refractivity contribution is 6.06. The molecule has 2 aromatic rings. The average molecular weight is 286 g/mol. The Morgan fingerprint density at radius 3 is 2.86 bits per heavy atom. The molecule has 0 atom stereocenters. The number of rotatable bonds is 2. The lowest BCUT2D eigenvalue weighted by molar-refractivity contribution is -0.389. The number of nitrogens with one attached hydrogen (secondary N) is 1. The largest absolute Gasteiger partial charge is 0.398 e. The molecule has 7 heteroatoms. The van der Waals surface area contributed by atoms with Crippen molar-refractivity contribution in [1.29, 1.82) is 0 Å². The molecule has 7 nitrogen and oxygen atoms in total. The summed E-state index contributed by atoms with van der Waals surface area (Å²) in [6.07, 6.45) is 1.65. The summed E-state index contributed by atoms with van der Waals surface area (Å²) < 4.78 is 0. The van der Waals surface area contributed by atoms with E-state index in [-0.39, 0.29) is 17.4 Å². The predicted octanol–water partition coefficient (Wildman–Crippen LogP) is 2.10. The highest BCUT2D eigenvalue weighted by atomic mass is 16.6. The van der Waals surface area contributed by atoms with E-state index in [4.69, 9.17) is 5.73 Å². The molecule has 0 saturated heterocycles. The van der Waals surface area contributed by atoms with E-state index in [1.54, 1.807) is 11.0 Å². The number of amides is 1. The molecule has 0 unspecified atom stereocenters. The van der Waals surface area contributed by atoms with Gasteiger partial charge in [0, 0.05) is 24.0 Å². The Morgan fingerprint density at radius 2 is 2.14 bits per heavy atom. The van der Waals surface area contributed by atoms with Gasteiger partial charge in [-0.2, -0.15) is 0 Å². The van der Waals surface area contributed by atoms with Crippen LogP contribution in [0.4, 0.5) is 17.2 Å². The van der Waals surface area contributed by atoms with E-state index in [1.165, 1.54) is 12.1 Å². The predicted molar refractivity (Wildman–Crippen MR) is 78.3 cm³/mol. The molecule has 0 spiro atoms. The van der Waals surface area contributed by atoms with Crippen molar-refractivity contribution < 1.29 is 9.72 Å². The number of carbonyl (C=O) groups is 1. The molecule has 1 aliphatic rings. The summed E-state index contributed by atoms with van der Waals surface area (Å²) in [4.78, 5) is 26.8. The zero-order chi connectivity index (χ0) is 15.0. The first kappa shape index (κ1) is 13.2. The summed E-state index contributed by atoms with van der Waals surface area (Å²) in [6, 6.07) is 8.18. The third-order valence-electron chi connectivity index (χ3n) is 3.63. The Labute approximate surface area is 120 Å². The molecule has 0 radical (unpaired) electrons. The number of fused-ring (bicyclic) bond motifs is 1. The van der Waals surface area contributed by atoms with Crippen LogP contribution in [0.3, 0.4) is 0 Å². The number of nitrogens with two attached hydrogens (primary N) is 1. The van der Waals surface area contributed by atoms with Crippen LogP contribution in [0.5, 0.6) is 0 Å². The second-order valence-electron chi connectivity index (χ2n) is 4.92. The lowest BCUT2D eigenvalue weighted by Gasteiger charge is -2.29. The van der Waals surface area contributed by atoms with Crippen molar-refractivity contribution >= 4 is 23.1 Å². The summed E-state index contributed by atoms with van der Waals surface area (Å²) in [5.41, 5.74) is 8.56. The van der Waals surface area contributed by atoms with Gasteiger partial charge in [0.25, 0.3) is 5.91 Å². The van der Waals surface area contributed by atoms with E-state index < -0.39 is 4.92 Å². The maximum Gasteiger partial charge on any atom is 0.321 e. The SMILES string of the molecule is Nc1cccc2c1CCCN2C(=O)c1ccc([N+](=O)[O-])[nH]1. The summed E-state index contributed by atoms with van der Waals surface area (Å²) in [5.74, 6) is -0.474. The Balaban J connectivity index is 1.96. The number of nitro groups is 1. The van der Waals surface area contributed by atoms with Crippen molar-refractivity contribution in [3.63, 3.8) is 0 Å². The number of nitrogens with zero attached hydrogens (tertiary/aromatic N) is 2. The number of H-pyrrole nitrogens is 1. The minimum absolute atomic E-state index is 0.192. The van der Waals surface area contributed by atoms with Crippen LogP contribution in [-0.4, -0.2) is 22.4 Å². The lowest BCUT2D eigenvalue weighted by Crippen LogP contribution is -2.36. The van der Waals surface area contributed by atoms with Crippen LogP contribution in [-0.2, 0) is 6.42 Å². The van der Waals surface area contributed by atoms with Crippen LogP contribution in [0.15, 0.2) is 30.3 Å². The number of anilines is 2. The summed E-state index contributed by atoms with van der Waals surface area (Å²) in [5, 5.41) is 10.7. The Morgan fingerprint density at radius 1 is 1.33 bits per heavy atom. The number of hydrogen-bond acceptors (Lipinski definition) is 4. The molecule has 108 valence electrons. The fourth-order valence-corrected chi connectivity index (χ4v) is 2.62. The van der Waals surface area contributed by atoms with Gasteiger partial charge in [-0.05, 0) is 41.5 Å². The van der Waals surface area contributed by atoms with Crippen LogP contribution in [0, 0.1) is 10.1 Å². The Hall–Kier alpha value is -2.83. The van der Waals surface area contributed by atoms with Gasteiger partial charge in [0.2, 0.25) is 0 Å². The van der Waals surface area contributed by atoms with Crippen molar-refractivity contribution in [3.05, 3.63) is 51.7 Å². The normalized spacial score (nSPS) is 13.8. The van der Waals surface area contributed by atoms with Crippen molar-refractivity contribution in [2.45, 2.75) is 12.8 Å². The number of benzene rings is 1. The van der Waals surface area contributed by atoms with Crippen molar-refractivity contribution in [2.75, 3.05) is 17.2 Å². The van der Waals surface area contributed by atoms with Gasteiger partial charge < -0.3 is 20.7 Å².